The number of benzene rings is 2. The van der Waals surface area contributed by atoms with E-state index >= 15 is 0 Å². The maximum absolute atomic E-state index is 10.3. The summed E-state index contributed by atoms with van der Waals surface area (Å²) in [7, 11) is 0. The summed E-state index contributed by atoms with van der Waals surface area (Å²) in [6, 6.07) is 19.6. The van der Waals surface area contributed by atoms with Gasteiger partial charge in [0.2, 0.25) is 0 Å². The number of nitrogens with one attached hydrogen (secondary N) is 1. The molecule has 0 aliphatic rings. The molecule has 3 rings (SSSR count). The van der Waals surface area contributed by atoms with Gasteiger partial charge in [0, 0.05) is 30.0 Å². The van der Waals surface area contributed by atoms with Crippen LogP contribution in [0.3, 0.4) is 0 Å². The smallest absolute Gasteiger partial charge is 0.119 e. The fraction of sp³-hybridized carbons (Fsp3) is 0.261. The summed E-state index contributed by atoms with van der Waals surface area (Å²) in [4.78, 5) is 4.00. The lowest BCUT2D eigenvalue weighted by atomic mass is 10.1. The van der Waals surface area contributed by atoms with Crippen LogP contribution in [0.1, 0.15) is 29.7 Å². The molecule has 0 radical (unpaired) electrons. The molecule has 0 bridgehead atoms. The number of ether oxygens (including phenoxy) is 1. The fourth-order valence-electron chi connectivity index (χ4n) is 2.94. The van der Waals surface area contributed by atoms with Gasteiger partial charge in [0.15, 0.2) is 0 Å². The molecule has 0 saturated heterocycles. The number of hydrogen-bond acceptors (Lipinski definition) is 4. The van der Waals surface area contributed by atoms with Crippen LogP contribution in [0.15, 0.2) is 73.1 Å². The van der Waals surface area contributed by atoms with Gasteiger partial charge < -0.3 is 15.2 Å². The van der Waals surface area contributed by atoms with Crippen molar-refractivity contribution in [1.82, 2.24) is 10.3 Å². The summed E-state index contributed by atoms with van der Waals surface area (Å²) in [5.41, 5.74) is 3.13. The average Bonchev–Trinajstić information content (AvgIpc) is 2.72. The Bertz CT molecular complexity index is 856. The Balaban J connectivity index is 1.44. The Morgan fingerprint density at radius 3 is 2.50 bits per heavy atom. The largest absolute Gasteiger partial charge is 0.489 e. The number of rotatable bonds is 9. The summed E-state index contributed by atoms with van der Waals surface area (Å²) in [6.07, 6.45) is 3.82. The molecule has 2 atom stereocenters. The maximum Gasteiger partial charge on any atom is 0.119 e. The Morgan fingerprint density at radius 2 is 1.79 bits per heavy atom. The van der Waals surface area contributed by atoms with Gasteiger partial charge in [-0.3, -0.25) is 4.98 Å². The standard InChI is InChI=1S/C23H25ClN2O2/c1-17(26-15-23(27)20-3-2-4-21(24)14-20)13-18-5-7-22(8-6-18)28-16-19-9-11-25-12-10-19/h2-12,14,17,23,26-27H,13,15-16H2,1H3. The molecule has 0 fully saturated rings. The van der Waals surface area contributed by atoms with Gasteiger partial charge in [-0.05, 0) is 66.4 Å². The number of nitrogens with zero attached hydrogens (tertiary/aromatic N) is 1. The second-order valence-corrected chi connectivity index (χ2v) is 7.31. The van der Waals surface area contributed by atoms with Gasteiger partial charge in [0.1, 0.15) is 12.4 Å². The maximum atomic E-state index is 10.3. The SMILES string of the molecule is CC(Cc1ccc(OCc2ccncc2)cc1)NCC(O)c1cccc(Cl)c1. The highest BCUT2D eigenvalue weighted by atomic mass is 35.5. The van der Waals surface area contributed by atoms with Gasteiger partial charge in [-0.15, -0.1) is 0 Å². The molecule has 0 saturated carbocycles. The van der Waals surface area contributed by atoms with Crippen LogP contribution in [0.25, 0.3) is 0 Å². The van der Waals surface area contributed by atoms with Crippen LogP contribution in [0.2, 0.25) is 5.02 Å². The summed E-state index contributed by atoms with van der Waals surface area (Å²) in [5, 5.41) is 14.3. The first-order valence-corrected chi connectivity index (χ1v) is 9.75. The normalized spacial score (nSPS) is 13.1. The first-order valence-electron chi connectivity index (χ1n) is 9.37. The molecular formula is C23H25ClN2O2. The lowest BCUT2D eigenvalue weighted by Crippen LogP contribution is -2.32. The monoisotopic (exact) mass is 396 g/mol. The van der Waals surface area contributed by atoms with Crippen molar-refractivity contribution in [3.05, 3.63) is 94.8 Å². The molecule has 0 aliphatic carbocycles. The molecule has 146 valence electrons. The average molecular weight is 397 g/mol. The van der Waals surface area contributed by atoms with Crippen LogP contribution in [0.5, 0.6) is 5.75 Å². The van der Waals surface area contributed by atoms with Gasteiger partial charge in [0.25, 0.3) is 0 Å². The third-order valence-electron chi connectivity index (χ3n) is 4.51. The molecule has 2 N–H and O–H groups in total. The minimum atomic E-state index is -0.579. The summed E-state index contributed by atoms with van der Waals surface area (Å²) in [5.74, 6) is 0.845. The van der Waals surface area contributed by atoms with Crippen LogP contribution in [-0.2, 0) is 13.0 Å². The van der Waals surface area contributed by atoms with Crippen molar-refractivity contribution in [2.75, 3.05) is 6.54 Å². The van der Waals surface area contributed by atoms with E-state index < -0.39 is 6.10 Å². The number of halogens is 1. The number of aromatic nitrogens is 1. The lowest BCUT2D eigenvalue weighted by molar-refractivity contribution is 0.170. The number of hydrogen-bond donors (Lipinski definition) is 2. The molecule has 1 heterocycles. The third kappa shape index (κ3) is 6.34. The van der Waals surface area contributed by atoms with Crippen molar-refractivity contribution in [3.63, 3.8) is 0 Å². The number of aliphatic hydroxyl groups excluding tert-OH is 1. The van der Waals surface area contributed by atoms with Crippen molar-refractivity contribution in [1.29, 1.82) is 0 Å². The van der Waals surface area contributed by atoms with Crippen molar-refractivity contribution in [3.8, 4) is 5.75 Å². The van der Waals surface area contributed by atoms with Gasteiger partial charge in [-0.1, -0.05) is 35.9 Å². The molecule has 0 amide bonds. The highest BCUT2D eigenvalue weighted by molar-refractivity contribution is 6.30. The summed E-state index contributed by atoms with van der Waals surface area (Å²) in [6.45, 7) is 3.12. The molecule has 0 spiro atoms. The van der Waals surface area contributed by atoms with E-state index in [0.717, 1.165) is 23.3 Å². The zero-order valence-corrected chi connectivity index (χ0v) is 16.6. The Labute approximate surface area is 171 Å². The van der Waals surface area contributed by atoms with Crippen LogP contribution in [0, 0.1) is 0 Å². The highest BCUT2D eigenvalue weighted by Crippen LogP contribution is 2.18. The van der Waals surface area contributed by atoms with Gasteiger partial charge in [0.05, 0.1) is 6.10 Å². The molecule has 4 nitrogen and oxygen atoms in total. The van der Waals surface area contributed by atoms with E-state index in [4.69, 9.17) is 16.3 Å². The minimum absolute atomic E-state index is 0.234. The van der Waals surface area contributed by atoms with Crippen molar-refractivity contribution >= 4 is 11.6 Å². The quantitative estimate of drug-likeness (QED) is 0.556. The van der Waals surface area contributed by atoms with Crippen LogP contribution < -0.4 is 10.1 Å². The minimum Gasteiger partial charge on any atom is -0.489 e. The van der Waals surface area contributed by atoms with Gasteiger partial charge in [-0.2, -0.15) is 0 Å². The molecule has 2 unspecified atom stereocenters. The second kappa shape index (κ2) is 10.2. The van der Waals surface area contributed by atoms with E-state index in [-0.39, 0.29) is 6.04 Å². The van der Waals surface area contributed by atoms with E-state index in [1.807, 2.05) is 36.4 Å². The predicted octanol–water partition coefficient (Wildman–Crippen LogP) is 4.57. The number of aliphatic hydroxyl groups is 1. The summed E-state index contributed by atoms with van der Waals surface area (Å²) >= 11 is 5.98. The fourth-order valence-corrected chi connectivity index (χ4v) is 3.14. The van der Waals surface area contributed by atoms with E-state index in [1.165, 1.54) is 5.56 Å². The van der Waals surface area contributed by atoms with E-state index in [9.17, 15) is 5.11 Å². The zero-order valence-electron chi connectivity index (χ0n) is 15.9. The van der Waals surface area contributed by atoms with E-state index in [2.05, 4.69) is 29.4 Å². The molecule has 5 heteroatoms. The second-order valence-electron chi connectivity index (χ2n) is 6.87. The van der Waals surface area contributed by atoms with E-state index in [0.29, 0.717) is 18.2 Å². The third-order valence-corrected chi connectivity index (χ3v) is 4.75. The van der Waals surface area contributed by atoms with Crippen molar-refractivity contribution in [2.24, 2.45) is 0 Å². The Kier molecular flexibility index (Phi) is 7.43. The van der Waals surface area contributed by atoms with Crippen LogP contribution >= 0.6 is 11.6 Å². The topological polar surface area (TPSA) is 54.4 Å². The van der Waals surface area contributed by atoms with Gasteiger partial charge >= 0.3 is 0 Å². The molecule has 0 aliphatic heterocycles. The van der Waals surface area contributed by atoms with Crippen LogP contribution in [0.4, 0.5) is 0 Å². The van der Waals surface area contributed by atoms with Crippen LogP contribution in [-0.4, -0.2) is 22.7 Å². The first-order chi connectivity index (χ1) is 13.6. The number of pyridine rings is 1. The molecule has 1 aromatic heterocycles. The molecule has 3 aromatic rings. The van der Waals surface area contributed by atoms with Crippen molar-refractivity contribution in [2.45, 2.75) is 32.1 Å². The zero-order chi connectivity index (χ0) is 19.8. The molecule has 2 aromatic carbocycles. The predicted molar refractivity (Wildman–Crippen MR) is 113 cm³/mol. The van der Waals surface area contributed by atoms with E-state index in [1.54, 1.807) is 24.5 Å². The molecular weight excluding hydrogens is 372 g/mol. The Hall–Kier alpha value is -2.40. The highest BCUT2D eigenvalue weighted by Gasteiger charge is 2.10. The molecule has 28 heavy (non-hydrogen) atoms. The first kappa shape index (κ1) is 20.3. The van der Waals surface area contributed by atoms with Gasteiger partial charge in [-0.25, -0.2) is 0 Å². The summed E-state index contributed by atoms with van der Waals surface area (Å²) < 4.78 is 5.80. The lowest BCUT2D eigenvalue weighted by Gasteiger charge is -2.18. The Morgan fingerprint density at radius 1 is 1.04 bits per heavy atom. The van der Waals surface area contributed by atoms with Crippen molar-refractivity contribution < 1.29 is 9.84 Å².